The SMILES string of the molecule is CCn1ncc(-c2nc3cc(S(=O)(=O)N4CCCC4)ccc3n2C)c1C. The minimum Gasteiger partial charge on any atom is -0.327 e. The molecule has 3 aromatic rings. The zero-order valence-electron chi connectivity index (χ0n) is 15.3. The molecule has 7 nitrogen and oxygen atoms in total. The average molecular weight is 373 g/mol. The summed E-state index contributed by atoms with van der Waals surface area (Å²) in [6.45, 7) is 6.07. The van der Waals surface area contributed by atoms with E-state index in [1.165, 1.54) is 0 Å². The molecule has 1 saturated heterocycles. The minimum atomic E-state index is -3.44. The fraction of sp³-hybridized carbons (Fsp3) is 0.444. The molecule has 0 spiro atoms. The van der Waals surface area contributed by atoms with Gasteiger partial charge < -0.3 is 4.57 Å². The lowest BCUT2D eigenvalue weighted by atomic mass is 10.2. The molecule has 0 N–H and O–H groups in total. The normalized spacial score (nSPS) is 16.0. The summed E-state index contributed by atoms with van der Waals surface area (Å²) < 4.78 is 31.1. The van der Waals surface area contributed by atoms with Gasteiger partial charge in [0.15, 0.2) is 0 Å². The van der Waals surface area contributed by atoms with E-state index in [9.17, 15) is 8.42 Å². The van der Waals surface area contributed by atoms with Gasteiger partial charge in [-0.2, -0.15) is 9.40 Å². The number of hydrogen-bond acceptors (Lipinski definition) is 4. The van der Waals surface area contributed by atoms with Crippen LogP contribution in [-0.2, 0) is 23.6 Å². The Balaban J connectivity index is 1.81. The van der Waals surface area contributed by atoms with Crippen LogP contribution in [0.25, 0.3) is 22.4 Å². The number of aryl methyl sites for hydroxylation is 2. The van der Waals surface area contributed by atoms with Crippen LogP contribution >= 0.6 is 0 Å². The molecule has 0 saturated carbocycles. The van der Waals surface area contributed by atoms with Crippen molar-refractivity contribution >= 4 is 21.1 Å². The summed E-state index contributed by atoms with van der Waals surface area (Å²) in [5.74, 6) is 0.799. The number of imidazole rings is 1. The maximum atomic E-state index is 12.8. The second-order valence-corrected chi connectivity index (χ2v) is 8.65. The van der Waals surface area contributed by atoms with Gasteiger partial charge in [-0.05, 0) is 44.9 Å². The van der Waals surface area contributed by atoms with Gasteiger partial charge in [-0.3, -0.25) is 4.68 Å². The predicted molar refractivity (Wildman–Crippen MR) is 100 cm³/mol. The van der Waals surface area contributed by atoms with E-state index in [0.29, 0.717) is 23.5 Å². The van der Waals surface area contributed by atoms with Gasteiger partial charge in [-0.15, -0.1) is 0 Å². The topological polar surface area (TPSA) is 73.0 Å². The van der Waals surface area contributed by atoms with E-state index in [1.54, 1.807) is 16.4 Å². The Kier molecular flexibility index (Phi) is 4.11. The highest BCUT2D eigenvalue weighted by atomic mass is 32.2. The van der Waals surface area contributed by atoms with E-state index < -0.39 is 10.0 Å². The predicted octanol–water partition coefficient (Wildman–Crippen LogP) is 2.55. The van der Waals surface area contributed by atoms with Gasteiger partial charge in [0.25, 0.3) is 0 Å². The lowest BCUT2D eigenvalue weighted by Crippen LogP contribution is -2.27. The van der Waals surface area contributed by atoms with Crippen molar-refractivity contribution in [3.05, 3.63) is 30.1 Å². The molecule has 138 valence electrons. The standard InChI is InChI=1S/C18H23N5O2S/c1-4-23-13(2)15(12-19-23)18-20-16-11-14(7-8-17(16)21(18)3)26(24,25)22-9-5-6-10-22/h7-8,11-12H,4-6,9-10H2,1-3H3. The monoisotopic (exact) mass is 373 g/mol. The molecule has 1 aliphatic heterocycles. The first-order valence-corrected chi connectivity index (χ1v) is 10.4. The van der Waals surface area contributed by atoms with Crippen molar-refractivity contribution < 1.29 is 8.42 Å². The third-order valence-electron chi connectivity index (χ3n) is 5.20. The van der Waals surface area contributed by atoms with E-state index >= 15 is 0 Å². The van der Waals surface area contributed by atoms with Crippen LogP contribution in [0.1, 0.15) is 25.5 Å². The van der Waals surface area contributed by atoms with Crippen LogP contribution in [0.5, 0.6) is 0 Å². The molecule has 2 aromatic heterocycles. The van der Waals surface area contributed by atoms with E-state index in [0.717, 1.165) is 42.0 Å². The fourth-order valence-electron chi connectivity index (χ4n) is 3.64. The fourth-order valence-corrected chi connectivity index (χ4v) is 5.18. The number of fused-ring (bicyclic) bond motifs is 1. The van der Waals surface area contributed by atoms with Crippen LogP contribution in [-0.4, -0.2) is 45.1 Å². The third kappa shape index (κ3) is 2.55. The van der Waals surface area contributed by atoms with E-state index in [4.69, 9.17) is 4.98 Å². The first kappa shape index (κ1) is 17.2. The maximum Gasteiger partial charge on any atom is 0.243 e. The third-order valence-corrected chi connectivity index (χ3v) is 7.09. The molecule has 0 radical (unpaired) electrons. The van der Waals surface area contributed by atoms with Crippen LogP contribution in [0.15, 0.2) is 29.3 Å². The van der Waals surface area contributed by atoms with Crippen LogP contribution < -0.4 is 0 Å². The van der Waals surface area contributed by atoms with E-state index in [2.05, 4.69) is 5.10 Å². The Labute approximate surface area is 153 Å². The Morgan fingerprint density at radius 3 is 2.58 bits per heavy atom. The first-order chi connectivity index (χ1) is 12.4. The summed E-state index contributed by atoms with van der Waals surface area (Å²) in [5.41, 5.74) is 3.61. The highest BCUT2D eigenvalue weighted by molar-refractivity contribution is 7.89. The number of hydrogen-bond donors (Lipinski definition) is 0. The molecule has 1 aliphatic rings. The van der Waals surface area contributed by atoms with Gasteiger partial charge in [0.2, 0.25) is 10.0 Å². The summed E-state index contributed by atoms with van der Waals surface area (Å²) in [5, 5.41) is 4.39. The molecule has 1 aromatic carbocycles. The quantitative estimate of drug-likeness (QED) is 0.704. The summed E-state index contributed by atoms with van der Waals surface area (Å²) in [6, 6.07) is 5.21. The molecule has 0 bridgehead atoms. The van der Waals surface area contributed by atoms with Crippen LogP contribution in [0.3, 0.4) is 0 Å². The zero-order valence-corrected chi connectivity index (χ0v) is 16.1. The van der Waals surface area contributed by atoms with Crippen molar-refractivity contribution in [1.29, 1.82) is 0 Å². The van der Waals surface area contributed by atoms with E-state index in [1.807, 2.05) is 42.4 Å². The first-order valence-electron chi connectivity index (χ1n) is 8.93. The van der Waals surface area contributed by atoms with Crippen molar-refractivity contribution in [3.63, 3.8) is 0 Å². The number of rotatable bonds is 4. The van der Waals surface area contributed by atoms with Gasteiger partial charge in [0.05, 0.1) is 27.7 Å². The van der Waals surface area contributed by atoms with Gasteiger partial charge in [-0.1, -0.05) is 0 Å². The molecule has 4 rings (SSSR count). The Morgan fingerprint density at radius 1 is 1.19 bits per heavy atom. The van der Waals surface area contributed by atoms with E-state index in [-0.39, 0.29) is 0 Å². The van der Waals surface area contributed by atoms with Gasteiger partial charge in [0, 0.05) is 32.4 Å². The summed E-state index contributed by atoms with van der Waals surface area (Å²) in [4.78, 5) is 5.04. The Bertz CT molecular complexity index is 1070. The molecule has 0 atom stereocenters. The highest BCUT2D eigenvalue weighted by Gasteiger charge is 2.28. The maximum absolute atomic E-state index is 12.8. The Morgan fingerprint density at radius 2 is 1.92 bits per heavy atom. The number of benzene rings is 1. The largest absolute Gasteiger partial charge is 0.327 e. The minimum absolute atomic E-state index is 0.317. The molecule has 0 unspecified atom stereocenters. The van der Waals surface area contributed by atoms with Crippen LogP contribution in [0, 0.1) is 6.92 Å². The molecule has 26 heavy (non-hydrogen) atoms. The van der Waals surface area contributed by atoms with Crippen LogP contribution in [0.2, 0.25) is 0 Å². The lowest BCUT2D eigenvalue weighted by Gasteiger charge is -2.15. The average Bonchev–Trinajstić information content (AvgIpc) is 3.34. The summed E-state index contributed by atoms with van der Waals surface area (Å²) in [6.07, 6.45) is 3.67. The van der Waals surface area contributed by atoms with Crippen molar-refractivity contribution in [2.75, 3.05) is 13.1 Å². The summed E-state index contributed by atoms with van der Waals surface area (Å²) in [7, 11) is -1.49. The number of sulfonamides is 1. The lowest BCUT2D eigenvalue weighted by molar-refractivity contribution is 0.477. The molecule has 1 fully saturated rings. The van der Waals surface area contributed by atoms with Crippen molar-refractivity contribution in [2.45, 2.75) is 38.1 Å². The van der Waals surface area contributed by atoms with Crippen molar-refractivity contribution in [1.82, 2.24) is 23.6 Å². The molecule has 3 heterocycles. The van der Waals surface area contributed by atoms with Crippen molar-refractivity contribution in [3.8, 4) is 11.4 Å². The van der Waals surface area contributed by atoms with Gasteiger partial charge >= 0.3 is 0 Å². The molecule has 8 heteroatoms. The molecule has 0 amide bonds. The zero-order chi connectivity index (χ0) is 18.5. The molecule has 0 aliphatic carbocycles. The highest BCUT2D eigenvalue weighted by Crippen LogP contribution is 2.29. The van der Waals surface area contributed by atoms with Crippen LogP contribution in [0.4, 0.5) is 0 Å². The van der Waals surface area contributed by atoms with Crippen molar-refractivity contribution in [2.24, 2.45) is 7.05 Å². The summed E-state index contributed by atoms with van der Waals surface area (Å²) >= 11 is 0. The number of aromatic nitrogens is 4. The molecular weight excluding hydrogens is 350 g/mol. The second-order valence-electron chi connectivity index (χ2n) is 6.72. The smallest absolute Gasteiger partial charge is 0.243 e. The van der Waals surface area contributed by atoms with Gasteiger partial charge in [0.1, 0.15) is 5.82 Å². The Hall–Kier alpha value is -2.19. The van der Waals surface area contributed by atoms with Gasteiger partial charge in [-0.25, -0.2) is 13.4 Å². The second kappa shape index (κ2) is 6.21. The number of nitrogens with zero attached hydrogens (tertiary/aromatic N) is 5. The molecular formula is C18H23N5O2S.